The van der Waals surface area contributed by atoms with E-state index in [1.807, 2.05) is 0 Å². The highest BCUT2D eigenvalue weighted by Crippen LogP contribution is 2.26. The molecule has 0 amide bonds. The van der Waals surface area contributed by atoms with Gasteiger partial charge in [-0.25, -0.2) is 9.18 Å². The number of esters is 1. The number of rotatable bonds is 3. The highest BCUT2D eigenvalue weighted by atomic mass is 35.5. The summed E-state index contributed by atoms with van der Waals surface area (Å²) in [5.74, 6) is -0.929. The molecule has 0 aliphatic carbocycles. The molecule has 0 aliphatic heterocycles. The summed E-state index contributed by atoms with van der Waals surface area (Å²) in [5.41, 5.74) is 7.53. The van der Waals surface area contributed by atoms with Crippen molar-refractivity contribution in [1.82, 2.24) is 0 Å². The Bertz CT molecular complexity index is 641. The molecule has 20 heavy (non-hydrogen) atoms. The molecule has 3 N–H and O–H groups in total. The summed E-state index contributed by atoms with van der Waals surface area (Å²) in [6.07, 6.45) is 0. The molecule has 0 bridgehead atoms. The van der Waals surface area contributed by atoms with Gasteiger partial charge in [0.15, 0.2) is 0 Å². The number of halogens is 2. The number of benzene rings is 2. The van der Waals surface area contributed by atoms with Gasteiger partial charge in [0.2, 0.25) is 0 Å². The lowest BCUT2D eigenvalue weighted by atomic mass is 10.1. The maximum Gasteiger partial charge on any atom is 0.337 e. The summed E-state index contributed by atoms with van der Waals surface area (Å²) in [6, 6.07) is 8.72. The van der Waals surface area contributed by atoms with Crippen LogP contribution >= 0.6 is 11.6 Å². The molecule has 2 aromatic carbocycles. The van der Waals surface area contributed by atoms with E-state index in [0.717, 1.165) is 0 Å². The molecule has 104 valence electrons. The van der Waals surface area contributed by atoms with Gasteiger partial charge in [-0.2, -0.15) is 0 Å². The lowest BCUT2D eigenvalue weighted by Crippen LogP contribution is -2.04. The number of carbonyl (C=O) groups excluding carboxylic acids is 1. The summed E-state index contributed by atoms with van der Waals surface area (Å²) in [6.45, 7) is 0. The van der Waals surface area contributed by atoms with Crippen LogP contribution in [0.5, 0.6) is 0 Å². The smallest absolute Gasteiger partial charge is 0.337 e. The van der Waals surface area contributed by atoms with E-state index in [4.69, 9.17) is 17.3 Å². The van der Waals surface area contributed by atoms with Gasteiger partial charge in [-0.15, -0.1) is 0 Å². The average Bonchev–Trinajstić information content (AvgIpc) is 2.39. The Labute approximate surface area is 120 Å². The molecule has 2 rings (SSSR count). The third-order valence-corrected chi connectivity index (χ3v) is 2.83. The fourth-order valence-electron chi connectivity index (χ4n) is 1.70. The Hall–Kier alpha value is -2.27. The number of nitrogen functional groups attached to an aromatic ring is 1. The Balaban J connectivity index is 2.27. The van der Waals surface area contributed by atoms with Gasteiger partial charge in [-0.1, -0.05) is 11.6 Å². The number of anilines is 3. The molecule has 0 aromatic heterocycles. The minimum absolute atomic E-state index is 0.275. The number of hydrogen-bond donors (Lipinski definition) is 2. The minimum atomic E-state index is -0.475. The van der Waals surface area contributed by atoms with Gasteiger partial charge in [0.25, 0.3) is 0 Å². The predicted octanol–water partition coefficient (Wildman–Crippen LogP) is 3.59. The summed E-state index contributed by atoms with van der Waals surface area (Å²) in [7, 11) is 1.29. The number of ether oxygens (including phenoxy) is 1. The van der Waals surface area contributed by atoms with Gasteiger partial charge in [0, 0.05) is 10.7 Å². The standard InChI is InChI=1S/C14H12ClFN2O2/c1-20-14(19)8-2-3-13(12(17)4-8)18-11-6-9(15)5-10(16)7-11/h2-7,18H,17H2,1H3. The second-order valence-electron chi connectivity index (χ2n) is 4.08. The van der Waals surface area contributed by atoms with E-state index in [9.17, 15) is 9.18 Å². The molecule has 0 atom stereocenters. The number of nitrogens with two attached hydrogens (primary N) is 1. The number of hydrogen-bond acceptors (Lipinski definition) is 4. The number of methoxy groups -OCH3 is 1. The van der Waals surface area contributed by atoms with Crippen LogP contribution in [0.1, 0.15) is 10.4 Å². The molecule has 0 spiro atoms. The first kappa shape index (κ1) is 14.1. The maximum absolute atomic E-state index is 13.2. The van der Waals surface area contributed by atoms with Gasteiger partial charge in [0.1, 0.15) is 5.82 Å². The van der Waals surface area contributed by atoms with Crippen molar-refractivity contribution in [1.29, 1.82) is 0 Å². The highest BCUT2D eigenvalue weighted by Gasteiger charge is 2.08. The molecular formula is C14H12ClFN2O2. The molecule has 0 radical (unpaired) electrons. The molecule has 2 aromatic rings. The zero-order valence-corrected chi connectivity index (χ0v) is 11.4. The summed E-state index contributed by atoms with van der Waals surface area (Å²) < 4.78 is 17.8. The fourth-order valence-corrected chi connectivity index (χ4v) is 1.92. The fraction of sp³-hybridized carbons (Fsp3) is 0.0714. The van der Waals surface area contributed by atoms with Crippen molar-refractivity contribution in [3.8, 4) is 0 Å². The van der Waals surface area contributed by atoms with Crippen LogP contribution in [0, 0.1) is 5.82 Å². The van der Waals surface area contributed by atoms with Crippen LogP contribution in [0.15, 0.2) is 36.4 Å². The number of carbonyl (C=O) groups is 1. The van der Waals surface area contributed by atoms with Crippen LogP contribution in [0.4, 0.5) is 21.5 Å². The molecule has 0 fully saturated rings. The van der Waals surface area contributed by atoms with Gasteiger partial charge in [-0.05, 0) is 36.4 Å². The van der Waals surface area contributed by atoms with Crippen molar-refractivity contribution in [2.45, 2.75) is 0 Å². The van der Waals surface area contributed by atoms with Crippen molar-refractivity contribution in [2.24, 2.45) is 0 Å². The molecule has 0 saturated heterocycles. The largest absolute Gasteiger partial charge is 0.465 e. The van der Waals surface area contributed by atoms with Crippen LogP contribution in [-0.2, 0) is 4.74 Å². The third kappa shape index (κ3) is 3.19. The van der Waals surface area contributed by atoms with Crippen LogP contribution < -0.4 is 11.1 Å². The van der Waals surface area contributed by atoms with E-state index in [-0.39, 0.29) is 5.02 Å². The molecule has 0 saturated carbocycles. The second kappa shape index (κ2) is 5.79. The number of nitrogens with one attached hydrogen (secondary N) is 1. The van der Waals surface area contributed by atoms with E-state index in [1.54, 1.807) is 18.2 Å². The Morgan fingerprint density at radius 3 is 2.65 bits per heavy atom. The molecular weight excluding hydrogens is 283 g/mol. The van der Waals surface area contributed by atoms with Gasteiger partial charge >= 0.3 is 5.97 Å². The van der Waals surface area contributed by atoms with E-state index in [0.29, 0.717) is 22.6 Å². The summed E-state index contributed by atoms with van der Waals surface area (Å²) in [4.78, 5) is 11.4. The molecule has 6 heteroatoms. The summed E-state index contributed by atoms with van der Waals surface area (Å²) in [5, 5.41) is 3.21. The van der Waals surface area contributed by atoms with Gasteiger partial charge in [-0.3, -0.25) is 0 Å². The van der Waals surface area contributed by atoms with Crippen LogP contribution in [-0.4, -0.2) is 13.1 Å². The van der Waals surface area contributed by atoms with E-state index < -0.39 is 11.8 Å². The van der Waals surface area contributed by atoms with Crippen molar-refractivity contribution in [3.05, 3.63) is 52.8 Å². The van der Waals surface area contributed by atoms with E-state index in [1.165, 1.54) is 25.3 Å². The lowest BCUT2D eigenvalue weighted by molar-refractivity contribution is 0.0601. The van der Waals surface area contributed by atoms with Crippen molar-refractivity contribution in [3.63, 3.8) is 0 Å². The Morgan fingerprint density at radius 2 is 2.05 bits per heavy atom. The minimum Gasteiger partial charge on any atom is -0.465 e. The average molecular weight is 295 g/mol. The van der Waals surface area contributed by atoms with Gasteiger partial charge in [0.05, 0.1) is 24.0 Å². The molecule has 0 heterocycles. The normalized spacial score (nSPS) is 10.2. The highest BCUT2D eigenvalue weighted by molar-refractivity contribution is 6.30. The van der Waals surface area contributed by atoms with Crippen LogP contribution in [0.2, 0.25) is 5.02 Å². The van der Waals surface area contributed by atoms with Crippen molar-refractivity contribution in [2.75, 3.05) is 18.2 Å². The lowest BCUT2D eigenvalue weighted by Gasteiger charge is -2.11. The third-order valence-electron chi connectivity index (χ3n) is 2.61. The maximum atomic E-state index is 13.2. The first-order chi connectivity index (χ1) is 9.49. The zero-order chi connectivity index (χ0) is 14.7. The van der Waals surface area contributed by atoms with E-state index in [2.05, 4.69) is 10.1 Å². The van der Waals surface area contributed by atoms with Gasteiger partial charge < -0.3 is 15.8 Å². The monoisotopic (exact) mass is 294 g/mol. The van der Waals surface area contributed by atoms with Crippen molar-refractivity contribution >= 4 is 34.6 Å². The van der Waals surface area contributed by atoms with Crippen LogP contribution in [0.3, 0.4) is 0 Å². The SMILES string of the molecule is COC(=O)c1ccc(Nc2cc(F)cc(Cl)c2)c(N)c1. The Kier molecular flexibility index (Phi) is 4.10. The first-order valence-electron chi connectivity index (χ1n) is 5.70. The molecule has 0 unspecified atom stereocenters. The topological polar surface area (TPSA) is 64.3 Å². The quantitative estimate of drug-likeness (QED) is 0.671. The van der Waals surface area contributed by atoms with Crippen molar-refractivity contribution < 1.29 is 13.9 Å². The first-order valence-corrected chi connectivity index (χ1v) is 6.08. The van der Waals surface area contributed by atoms with Crippen LogP contribution in [0.25, 0.3) is 0 Å². The molecule has 0 aliphatic rings. The van der Waals surface area contributed by atoms with E-state index >= 15 is 0 Å². The zero-order valence-electron chi connectivity index (χ0n) is 10.6. The Morgan fingerprint density at radius 1 is 1.30 bits per heavy atom. The molecule has 4 nitrogen and oxygen atoms in total. The predicted molar refractivity (Wildman–Crippen MR) is 76.9 cm³/mol. The second-order valence-corrected chi connectivity index (χ2v) is 4.51. The summed E-state index contributed by atoms with van der Waals surface area (Å²) >= 11 is 5.77.